The summed E-state index contributed by atoms with van der Waals surface area (Å²) in [7, 11) is 1.58. The Labute approximate surface area is 133 Å². The van der Waals surface area contributed by atoms with Crippen molar-refractivity contribution in [2.75, 3.05) is 33.3 Å². The van der Waals surface area contributed by atoms with E-state index in [0.717, 1.165) is 4.47 Å². The molecule has 0 saturated carbocycles. The Morgan fingerprint density at radius 3 is 2.38 bits per heavy atom. The molecule has 0 atom stereocenters. The largest absolute Gasteiger partial charge is 0.497 e. The van der Waals surface area contributed by atoms with E-state index in [4.69, 9.17) is 4.74 Å². The van der Waals surface area contributed by atoms with Crippen LogP contribution in [-0.2, 0) is 4.79 Å². The van der Waals surface area contributed by atoms with Crippen molar-refractivity contribution < 1.29 is 14.3 Å². The zero-order valence-corrected chi connectivity index (χ0v) is 13.9. The van der Waals surface area contributed by atoms with Crippen molar-refractivity contribution in [3.8, 4) is 5.75 Å². The molecule has 0 bridgehead atoms. The van der Waals surface area contributed by atoms with Crippen LogP contribution in [0, 0.1) is 0 Å². The van der Waals surface area contributed by atoms with E-state index in [1.807, 2.05) is 17.9 Å². The highest BCUT2D eigenvalue weighted by atomic mass is 79.9. The number of amides is 2. The Hall–Kier alpha value is -1.56. The molecular weight excluding hydrogens is 336 g/mol. The Morgan fingerprint density at radius 1 is 1.19 bits per heavy atom. The minimum absolute atomic E-state index is 0.0376. The zero-order chi connectivity index (χ0) is 15.4. The van der Waals surface area contributed by atoms with Crippen LogP contribution in [0.4, 0.5) is 0 Å². The lowest BCUT2D eigenvalue weighted by molar-refractivity contribution is -0.132. The number of piperazine rings is 1. The first-order valence-electron chi connectivity index (χ1n) is 6.97. The average Bonchev–Trinajstić information content (AvgIpc) is 2.54. The van der Waals surface area contributed by atoms with Gasteiger partial charge in [0.1, 0.15) is 5.75 Å². The number of nitrogens with zero attached hydrogens (tertiary/aromatic N) is 2. The predicted octanol–water partition coefficient (Wildman–Crippen LogP) is 2.15. The SMILES string of the molecule is CCC(=O)N1CCN(C(=O)c2cc(OC)ccc2Br)CC1. The van der Waals surface area contributed by atoms with Crippen LogP contribution in [0.25, 0.3) is 0 Å². The smallest absolute Gasteiger partial charge is 0.255 e. The number of benzene rings is 1. The molecule has 114 valence electrons. The second-order valence-corrected chi connectivity index (χ2v) is 5.73. The molecule has 1 heterocycles. The molecule has 21 heavy (non-hydrogen) atoms. The van der Waals surface area contributed by atoms with E-state index in [0.29, 0.717) is 43.9 Å². The van der Waals surface area contributed by atoms with Gasteiger partial charge in [0, 0.05) is 37.1 Å². The molecule has 6 heteroatoms. The first-order valence-corrected chi connectivity index (χ1v) is 7.76. The van der Waals surface area contributed by atoms with Crippen molar-refractivity contribution in [2.24, 2.45) is 0 Å². The van der Waals surface area contributed by atoms with Gasteiger partial charge in [-0.3, -0.25) is 9.59 Å². The van der Waals surface area contributed by atoms with Gasteiger partial charge in [0.15, 0.2) is 0 Å². The van der Waals surface area contributed by atoms with Crippen molar-refractivity contribution in [1.82, 2.24) is 9.80 Å². The maximum atomic E-state index is 12.6. The fraction of sp³-hybridized carbons (Fsp3) is 0.467. The average molecular weight is 355 g/mol. The molecule has 1 aliphatic rings. The molecule has 0 N–H and O–H groups in total. The Balaban J connectivity index is 2.07. The molecule has 1 saturated heterocycles. The fourth-order valence-electron chi connectivity index (χ4n) is 2.35. The molecular formula is C15H19BrN2O3. The molecule has 2 rings (SSSR count). The standard InChI is InChI=1S/C15H19BrN2O3/c1-3-14(19)17-6-8-18(9-7-17)15(20)12-10-11(21-2)4-5-13(12)16/h4-5,10H,3,6-9H2,1-2H3. The third-order valence-corrected chi connectivity index (χ3v) is 4.32. The molecule has 2 amide bonds. The highest BCUT2D eigenvalue weighted by molar-refractivity contribution is 9.10. The van der Waals surface area contributed by atoms with E-state index in [1.165, 1.54) is 0 Å². The van der Waals surface area contributed by atoms with Crippen LogP contribution < -0.4 is 4.74 Å². The van der Waals surface area contributed by atoms with E-state index in [1.54, 1.807) is 24.1 Å². The van der Waals surface area contributed by atoms with Crippen molar-refractivity contribution in [3.05, 3.63) is 28.2 Å². The second kappa shape index (κ2) is 6.93. The van der Waals surface area contributed by atoms with Crippen molar-refractivity contribution in [1.29, 1.82) is 0 Å². The van der Waals surface area contributed by atoms with E-state index in [-0.39, 0.29) is 11.8 Å². The van der Waals surface area contributed by atoms with E-state index >= 15 is 0 Å². The minimum Gasteiger partial charge on any atom is -0.497 e. The van der Waals surface area contributed by atoms with Crippen LogP contribution >= 0.6 is 15.9 Å². The van der Waals surface area contributed by atoms with Gasteiger partial charge in [-0.05, 0) is 34.1 Å². The number of ether oxygens (including phenoxy) is 1. The third kappa shape index (κ3) is 3.56. The van der Waals surface area contributed by atoms with Gasteiger partial charge in [0.05, 0.1) is 12.7 Å². The van der Waals surface area contributed by atoms with Crippen LogP contribution in [0.2, 0.25) is 0 Å². The first-order chi connectivity index (χ1) is 10.1. The van der Waals surface area contributed by atoms with Crippen LogP contribution in [0.5, 0.6) is 5.75 Å². The van der Waals surface area contributed by atoms with E-state index < -0.39 is 0 Å². The lowest BCUT2D eigenvalue weighted by atomic mass is 10.1. The molecule has 1 aromatic carbocycles. The number of carbonyl (C=O) groups is 2. The van der Waals surface area contributed by atoms with Gasteiger partial charge in [-0.15, -0.1) is 0 Å². The highest BCUT2D eigenvalue weighted by Gasteiger charge is 2.25. The summed E-state index contributed by atoms with van der Waals surface area (Å²) in [6.45, 7) is 4.18. The summed E-state index contributed by atoms with van der Waals surface area (Å²) in [5, 5.41) is 0. The van der Waals surface area contributed by atoms with Gasteiger partial charge in [-0.2, -0.15) is 0 Å². The number of hydrogen-bond donors (Lipinski definition) is 0. The minimum atomic E-state index is -0.0376. The fourth-order valence-corrected chi connectivity index (χ4v) is 2.76. The van der Waals surface area contributed by atoms with Crippen molar-refractivity contribution in [3.63, 3.8) is 0 Å². The molecule has 0 radical (unpaired) electrons. The molecule has 0 spiro atoms. The topological polar surface area (TPSA) is 49.9 Å². The third-order valence-electron chi connectivity index (χ3n) is 3.63. The molecule has 5 nitrogen and oxygen atoms in total. The monoisotopic (exact) mass is 354 g/mol. The summed E-state index contributed by atoms with van der Waals surface area (Å²) in [4.78, 5) is 27.8. The summed E-state index contributed by atoms with van der Waals surface area (Å²) >= 11 is 3.41. The van der Waals surface area contributed by atoms with Gasteiger partial charge in [0.2, 0.25) is 5.91 Å². The Bertz CT molecular complexity index is 540. The van der Waals surface area contributed by atoms with Crippen LogP contribution in [0.15, 0.2) is 22.7 Å². The van der Waals surface area contributed by atoms with Gasteiger partial charge >= 0.3 is 0 Å². The lowest BCUT2D eigenvalue weighted by Crippen LogP contribution is -2.50. The van der Waals surface area contributed by atoms with E-state index in [9.17, 15) is 9.59 Å². The number of halogens is 1. The molecule has 1 aliphatic heterocycles. The highest BCUT2D eigenvalue weighted by Crippen LogP contribution is 2.24. The molecule has 1 aromatic rings. The van der Waals surface area contributed by atoms with Crippen LogP contribution in [-0.4, -0.2) is 54.9 Å². The quantitative estimate of drug-likeness (QED) is 0.835. The Morgan fingerprint density at radius 2 is 1.81 bits per heavy atom. The summed E-state index contributed by atoms with van der Waals surface area (Å²) in [5.41, 5.74) is 0.588. The summed E-state index contributed by atoms with van der Waals surface area (Å²) in [5.74, 6) is 0.760. The normalized spacial score (nSPS) is 15.0. The van der Waals surface area contributed by atoms with Crippen molar-refractivity contribution >= 4 is 27.7 Å². The summed E-state index contributed by atoms with van der Waals surface area (Å²) < 4.78 is 5.92. The molecule has 0 aromatic heterocycles. The van der Waals surface area contributed by atoms with Gasteiger partial charge in [0.25, 0.3) is 5.91 Å². The zero-order valence-electron chi connectivity index (χ0n) is 12.3. The second-order valence-electron chi connectivity index (χ2n) is 4.87. The number of rotatable bonds is 3. The Kier molecular flexibility index (Phi) is 5.22. The summed E-state index contributed by atoms with van der Waals surface area (Å²) in [6.07, 6.45) is 0.509. The van der Waals surface area contributed by atoms with Crippen molar-refractivity contribution in [2.45, 2.75) is 13.3 Å². The maximum Gasteiger partial charge on any atom is 0.255 e. The number of methoxy groups -OCH3 is 1. The summed E-state index contributed by atoms with van der Waals surface area (Å²) in [6, 6.07) is 5.34. The van der Waals surface area contributed by atoms with Crippen LogP contribution in [0.3, 0.4) is 0 Å². The van der Waals surface area contributed by atoms with Gasteiger partial charge < -0.3 is 14.5 Å². The molecule has 0 unspecified atom stereocenters. The number of carbonyl (C=O) groups excluding carboxylic acids is 2. The molecule has 0 aliphatic carbocycles. The molecule has 1 fully saturated rings. The van der Waals surface area contributed by atoms with Crippen LogP contribution in [0.1, 0.15) is 23.7 Å². The predicted molar refractivity (Wildman–Crippen MR) is 83.5 cm³/mol. The first kappa shape index (κ1) is 15.8. The van der Waals surface area contributed by atoms with E-state index in [2.05, 4.69) is 15.9 Å². The van der Waals surface area contributed by atoms with Gasteiger partial charge in [-0.25, -0.2) is 0 Å². The van der Waals surface area contributed by atoms with Gasteiger partial charge in [-0.1, -0.05) is 6.92 Å². The lowest BCUT2D eigenvalue weighted by Gasteiger charge is -2.34. The maximum absolute atomic E-state index is 12.6. The number of hydrogen-bond acceptors (Lipinski definition) is 3.